The summed E-state index contributed by atoms with van der Waals surface area (Å²) in [4.78, 5) is 18.2. The van der Waals surface area contributed by atoms with Gasteiger partial charge in [-0.1, -0.05) is 88.7 Å². The maximum atomic E-state index is 14.0. The molecule has 0 unspecified atom stereocenters. The van der Waals surface area contributed by atoms with Crippen molar-refractivity contribution in [2.45, 2.75) is 29.8 Å². The number of nitrogens with zero attached hydrogens (tertiary/aromatic N) is 1. The lowest BCUT2D eigenvalue weighted by Crippen LogP contribution is -2.52. The number of carbonyl (C=O) groups excluding carboxylic acids is 1. The largest absolute Gasteiger partial charge is 0.495 e. The highest BCUT2D eigenvalue weighted by Crippen LogP contribution is 2.69. The van der Waals surface area contributed by atoms with Crippen LogP contribution in [0, 0.1) is 5.92 Å². The summed E-state index contributed by atoms with van der Waals surface area (Å²) >= 11 is 3.49. The fraction of sp³-hybridized carbons (Fsp3) is 0.226. The Morgan fingerprint density at radius 3 is 2.36 bits per heavy atom. The first-order valence-electron chi connectivity index (χ1n) is 12.7. The molecule has 0 saturated heterocycles. The lowest BCUT2D eigenvalue weighted by Gasteiger charge is -2.40. The van der Waals surface area contributed by atoms with E-state index in [1.54, 1.807) is 0 Å². The molecule has 8 heteroatoms. The molecule has 4 aromatic rings. The second-order valence-corrected chi connectivity index (χ2v) is 10.8. The molecule has 3 aromatic carbocycles. The number of aliphatic hydroxyl groups excluding tert-OH is 1. The van der Waals surface area contributed by atoms with Gasteiger partial charge in [-0.25, -0.2) is 0 Å². The molecule has 1 aromatic heterocycles. The normalized spacial score (nSPS) is 26.8. The first-order valence-corrected chi connectivity index (χ1v) is 13.5. The molecule has 6 rings (SSSR count). The zero-order chi connectivity index (χ0) is 27.2. The van der Waals surface area contributed by atoms with Gasteiger partial charge in [-0.15, -0.1) is 0 Å². The van der Waals surface area contributed by atoms with Gasteiger partial charge in [-0.05, 0) is 28.8 Å². The molecule has 0 bridgehead atoms. The average Bonchev–Trinajstić information content (AvgIpc) is 3.35. The molecule has 1 aliphatic carbocycles. The molecule has 198 valence electrons. The van der Waals surface area contributed by atoms with Gasteiger partial charge in [0.2, 0.25) is 5.91 Å². The minimum Gasteiger partial charge on any atom is -0.495 e. The van der Waals surface area contributed by atoms with Crippen molar-refractivity contribution in [2.24, 2.45) is 5.92 Å². The zero-order valence-corrected chi connectivity index (χ0v) is 22.7. The molecule has 1 saturated carbocycles. The molecule has 2 heterocycles. The van der Waals surface area contributed by atoms with Gasteiger partial charge in [0.25, 0.3) is 0 Å². The Balaban J connectivity index is 1.57. The van der Waals surface area contributed by atoms with Crippen molar-refractivity contribution in [1.82, 2.24) is 10.3 Å². The fourth-order valence-corrected chi connectivity index (χ4v) is 6.55. The number of fused-ring (bicyclic) bond motifs is 3. The van der Waals surface area contributed by atoms with Gasteiger partial charge in [-0.3, -0.25) is 9.78 Å². The van der Waals surface area contributed by atoms with E-state index in [0.717, 1.165) is 15.6 Å². The van der Waals surface area contributed by atoms with Crippen molar-refractivity contribution in [3.63, 3.8) is 0 Å². The Bertz CT molecular complexity index is 1500. The number of aromatic nitrogens is 1. The zero-order valence-electron chi connectivity index (χ0n) is 21.1. The number of benzene rings is 3. The number of methoxy groups -OCH3 is 1. The van der Waals surface area contributed by atoms with Crippen molar-refractivity contribution < 1.29 is 24.5 Å². The lowest BCUT2D eigenvalue weighted by atomic mass is 9.70. The second-order valence-electron chi connectivity index (χ2n) is 9.89. The Morgan fingerprint density at radius 1 is 1.03 bits per heavy atom. The minimum atomic E-state index is -2.04. The highest BCUT2D eigenvalue weighted by Gasteiger charge is 2.78. The highest BCUT2D eigenvalue weighted by atomic mass is 79.9. The van der Waals surface area contributed by atoms with E-state index in [0.29, 0.717) is 11.3 Å². The number of ether oxygens (including phenoxy) is 2. The number of halogens is 1. The van der Waals surface area contributed by atoms with Crippen molar-refractivity contribution >= 4 is 21.8 Å². The van der Waals surface area contributed by atoms with Crippen LogP contribution in [0.1, 0.15) is 28.2 Å². The van der Waals surface area contributed by atoms with Crippen LogP contribution < -0.4 is 14.8 Å². The maximum absolute atomic E-state index is 14.0. The predicted molar refractivity (Wildman–Crippen MR) is 148 cm³/mol. The van der Waals surface area contributed by atoms with Crippen LogP contribution in [-0.4, -0.2) is 34.3 Å². The van der Waals surface area contributed by atoms with Crippen molar-refractivity contribution in [3.05, 3.63) is 124 Å². The monoisotopic (exact) mass is 586 g/mol. The number of hydrogen-bond donors (Lipinski definition) is 3. The van der Waals surface area contributed by atoms with Crippen molar-refractivity contribution in [1.29, 1.82) is 0 Å². The highest BCUT2D eigenvalue weighted by molar-refractivity contribution is 9.10. The molecule has 7 nitrogen and oxygen atoms in total. The van der Waals surface area contributed by atoms with Crippen molar-refractivity contribution in [3.8, 4) is 11.5 Å². The summed E-state index contributed by atoms with van der Waals surface area (Å²) in [7, 11) is 1.47. The number of hydrogen-bond acceptors (Lipinski definition) is 6. The van der Waals surface area contributed by atoms with E-state index >= 15 is 0 Å². The third-order valence-corrected chi connectivity index (χ3v) is 8.45. The number of carbonyl (C=O) groups is 1. The van der Waals surface area contributed by atoms with E-state index in [1.807, 2.05) is 84.9 Å². The van der Waals surface area contributed by atoms with E-state index in [-0.39, 0.29) is 17.9 Å². The molecule has 5 atom stereocenters. The molecule has 1 fully saturated rings. The molecular formula is C31H27BrN2O5. The Labute approximate surface area is 234 Å². The second kappa shape index (κ2) is 9.79. The van der Waals surface area contributed by atoms with E-state index in [9.17, 15) is 15.0 Å². The van der Waals surface area contributed by atoms with Gasteiger partial charge in [0.05, 0.1) is 31.0 Å². The summed E-state index contributed by atoms with van der Waals surface area (Å²) in [6, 6.07) is 26.3. The van der Waals surface area contributed by atoms with Gasteiger partial charge in [-0.2, -0.15) is 0 Å². The van der Waals surface area contributed by atoms with Crippen LogP contribution in [0.2, 0.25) is 0 Å². The maximum Gasteiger partial charge on any atom is 0.226 e. The molecule has 3 N–H and O–H groups in total. The van der Waals surface area contributed by atoms with Gasteiger partial charge >= 0.3 is 0 Å². The number of aliphatic hydroxyl groups is 2. The van der Waals surface area contributed by atoms with E-state index in [1.165, 1.54) is 19.5 Å². The van der Waals surface area contributed by atoms with Gasteiger partial charge in [0, 0.05) is 16.9 Å². The summed E-state index contributed by atoms with van der Waals surface area (Å²) in [5.41, 5.74) is -1.06. The van der Waals surface area contributed by atoms with Crippen LogP contribution in [0.5, 0.6) is 11.5 Å². The van der Waals surface area contributed by atoms with Crippen LogP contribution in [-0.2, 0) is 22.5 Å². The summed E-state index contributed by atoms with van der Waals surface area (Å²) in [5.74, 6) is -1.66. The topological polar surface area (TPSA) is 101 Å². The summed E-state index contributed by atoms with van der Waals surface area (Å²) < 4.78 is 13.2. The van der Waals surface area contributed by atoms with Gasteiger partial charge in [0.1, 0.15) is 17.6 Å². The van der Waals surface area contributed by atoms with Crippen molar-refractivity contribution in [2.75, 3.05) is 7.11 Å². The summed E-state index contributed by atoms with van der Waals surface area (Å²) in [5, 5.41) is 27.9. The Morgan fingerprint density at radius 2 is 1.69 bits per heavy atom. The molecule has 1 aliphatic heterocycles. The van der Waals surface area contributed by atoms with Gasteiger partial charge < -0.3 is 25.0 Å². The SMILES string of the molecule is COc1cncc2c1[C@]1(O)[C@H](O)[C@H](C(=O)NCc3ccccc3)[C@@H](c3ccccc3)[C@]1(c1ccc(Br)cc1)O2. The van der Waals surface area contributed by atoms with Crippen LogP contribution in [0.3, 0.4) is 0 Å². The first-order chi connectivity index (χ1) is 18.9. The quantitative estimate of drug-likeness (QED) is 0.309. The molecule has 1 amide bonds. The summed E-state index contributed by atoms with van der Waals surface area (Å²) in [6.07, 6.45) is 1.44. The minimum absolute atomic E-state index is 0.269. The van der Waals surface area contributed by atoms with E-state index < -0.39 is 35.0 Å². The standard InChI is InChI=1S/C31H27BrN2O5/c1-38-23-17-33-18-24-27(23)30(37)28(35)25(29(36)34-16-19-8-4-2-5-9-19)26(20-10-6-3-7-11-20)31(30,39-24)21-12-14-22(32)15-13-21/h2-15,17-18,25-26,28,35,37H,16H2,1H3,(H,34,36)/t25-,26-,28-,30+,31+/m1/s1. The first kappa shape index (κ1) is 25.6. The third-order valence-electron chi connectivity index (χ3n) is 7.92. The average molecular weight is 587 g/mol. The molecule has 0 spiro atoms. The van der Waals surface area contributed by atoms with Crippen LogP contribution in [0.4, 0.5) is 0 Å². The fourth-order valence-electron chi connectivity index (χ4n) is 6.29. The Hall–Kier alpha value is -3.72. The number of pyridine rings is 1. The molecule has 2 aliphatic rings. The van der Waals surface area contributed by atoms with Crippen LogP contribution >= 0.6 is 15.9 Å². The Kier molecular flexibility index (Phi) is 6.41. The number of rotatable bonds is 6. The smallest absolute Gasteiger partial charge is 0.226 e. The van der Waals surface area contributed by atoms with E-state index in [4.69, 9.17) is 9.47 Å². The van der Waals surface area contributed by atoms with Crippen LogP contribution in [0.15, 0.2) is 102 Å². The van der Waals surface area contributed by atoms with Gasteiger partial charge in [0.15, 0.2) is 11.2 Å². The lowest BCUT2D eigenvalue weighted by molar-refractivity contribution is -0.154. The number of amides is 1. The molecule has 0 radical (unpaired) electrons. The summed E-state index contributed by atoms with van der Waals surface area (Å²) in [6.45, 7) is 0.277. The van der Waals surface area contributed by atoms with E-state index in [2.05, 4.69) is 26.2 Å². The van der Waals surface area contributed by atoms with Crippen LogP contribution in [0.25, 0.3) is 0 Å². The number of nitrogens with one attached hydrogen (secondary N) is 1. The predicted octanol–water partition coefficient (Wildman–Crippen LogP) is 4.42. The molecule has 39 heavy (non-hydrogen) atoms. The third kappa shape index (κ3) is 3.77. The molecular weight excluding hydrogens is 560 g/mol.